The second kappa shape index (κ2) is 16.9. The fourth-order valence-corrected chi connectivity index (χ4v) is 6.46. The molecule has 4 N–H and O–H groups in total. The lowest BCUT2D eigenvalue weighted by Gasteiger charge is -2.26. The fourth-order valence-electron chi connectivity index (χ4n) is 5.20. The smallest absolute Gasteiger partial charge is 0.274 e. The largest absolute Gasteiger partial charge is 0.359 e. The van der Waals surface area contributed by atoms with Gasteiger partial charge in [-0.05, 0) is 37.0 Å². The second-order valence-electron chi connectivity index (χ2n) is 12.3. The third-order valence-electron chi connectivity index (χ3n) is 7.86. The lowest BCUT2D eigenvalue weighted by molar-refractivity contribution is -0.133. The van der Waals surface area contributed by atoms with Gasteiger partial charge >= 0.3 is 0 Å². The molecule has 2 bridgehead atoms. The molecule has 0 aliphatic carbocycles. The topological polar surface area (TPSA) is 197 Å². The highest BCUT2D eigenvalue weighted by Crippen LogP contribution is 2.15. The van der Waals surface area contributed by atoms with E-state index < -0.39 is 63.3 Å². The van der Waals surface area contributed by atoms with Crippen LogP contribution in [0.5, 0.6) is 0 Å². The number of benzene rings is 2. The standard InChI is InChI=1S/C34H42N6O8S/c1-22(2)18-27-33(44)38-28(19-24-10-6-4-7-11-24)32(43)35-15-16-40(30(41)14-17-49(46,47)26-12-8-5-9-13-26)21-25-20-29(39-48-25)34(45)36-23(3)31(42)37-27/h4-13,20,22-23,27-28H,14-19,21H2,1-3H3,(H,35,43)(H,36,45)(H,37,42)(H,38,44)/t23-,27-,28-/m1/s1. The Bertz CT molecular complexity index is 1730. The third kappa shape index (κ3) is 10.7. The van der Waals surface area contributed by atoms with Crippen LogP contribution in [0.4, 0.5) is 0 Å². The Balaban J connectivity index is 1.60. The van der Waals surface area contributed by atoms with E-state index in [4.69, 9.17) is 4.52 Å². The number of carbonyl (C=O) groups excluding carboxylic acids is 5. The molecule has 3 aromatic rings. The van der Waals surface area contributed by atoms with Crippen LogP contribution >= 0.6 is 0 Å². The SMILES string of the molecule is CC(C)C[C@H]1NC(=O)[C@@H](C)NC(=O)c2cc(on2)CN(C(=O)CCS(=O)(=O)c2ccccc2)CCNC(=O)[C@@H](Cc2ccccc2)NC1=O. The van der Waals surface area contributed by atoms with Crippen LogP contribution in [-0.2, 0) is 42.0 Å². The first-order chi connectivity index (χ1) is 23.3. The maximum atomic E-state index is 13.6. The Morgan fingerprint density at radius 2 is 1.57 bits per heavy atom. The van der Waals surface area contributed by atoms with Gasteiger partial charge in [0, 0.05) is 32.0 Å². The number of hydrogen-bond acceptors (Lipinski definition) is 9. The van der Waals surface area contributed by atoms with Gasteiger partial charge < -0.3 is 30.7 Å². The van der Waals surface area contributed by atoms with E-state index >= 15 is 0 Å². The number of carbonyl (C=O) groups is 5. The molecule has 1 aromatic heterocycles. The van der Waals surface area contributed by atoms with E-state index in [0.717, 1.165) is 5.56 Å². The number of hydrogen-bond donors (Lipinski definition) is 4. The van der Waals surface area contributed by atoms with Crippen molar-refractivity contribution in [3.8, 4) is 0 Å². The minimum Gasteiger partial charge on any atom is -0.359 e. The van der Waals surface area contributed by atoms with E-state index in [9.17, 15) is 32.4 Å². The lowest BCUT2D eigenvalue weighted by atomic mass is 10.0. The molecular weight excluding hydrogens is 652 g/mol. The van der Waals surface area contributed by atoms with Gasteiger partial charge in [0.25, 0.3) is 5.91 Å². The molecule has 15 heteroatoms. The first kappa shape index (κ1) is 36.8. The molecule has 0 unspecified atom stereocenters. The molecule has 2 heterocycles. The molecule has 4 rings (SSSR count). The third-order valence-corrected chi connectivity index (χ3v) is 9.59. The van der Waals surface area contributed by atoms with Gasteiger partial charge in [-0.15, -0.1) is 0 Å². The zero-order chi connectivity index (χ0) is 35.6. The number of fused-ring (bicyclic) bond motifs is 2. The highest BCUT2D eigenvalue weighted by Gasteiger charge is 2.30. The number of sulfone groups is 1. The van der Waals surface area contributed by atoms with Crippen LogP contribution < -0.4 is 21.3 Å². The molecule has 1 aliphatic rings. The summed E-state index contributed by atoms with van der Waals surface area (Å²) >= 11 is 0. The summed E-state index contributed by atoms with van der Waals surface area (Å²) in [6.45, 7) is 4.94. The number of nitrogens with one attached hydrogen (secondary N) is 4. The van der Waals surface area contributed by atoms with Gasteiger partial charge in [-0.2, -0.15) is 0 Å². The normalized spacial score (nSPS) is 20.0. The minimum atomic E-state index is -3.76. The van der Waals surface area contributed by atoms with Gasteiger partial charge in [0.2, 0.25) is 23.6 Å². The summed E-state index contributed by atoms with van der Waals surface area (Å²) in [7, 11) is -3.76. The van der Waals surface area contributed by atoms with Crippen LogP contribution in [0.3, 0.4) is 0 Å². The number of rotatable bonds is 8. The fraction of sp³-hybridized carbons (Fsp3) is 0.412. The molecule has 3 atom stereocenters. The van der Waals surface area contributed by atoms with E-state index in [2.05, 4.69) is 26.4 Å². The molecule has 1 aliphatic heterocycles. The van der Waals surface area contributed by atoms with E-state index in [-0.39, 0.29) is 61.2 Å². The molecule has 5 amide bonds. The first-order valence-corrected chi connectivity index (χ1v) is 17.7. The summed E-state index contributed by atoms with van der Waals surface area (Å²) in [5, 5.41) is 14.6. The maximum absolute atomic E-state index is 13.6. The molecule has 2 aromatic carbocycles. The number of amides is 5. The quantitative estimate of drug-likeness (QED) is 0.269. The van der Waals surface area contributed by atoms with Crippen molar-refractivity contribution < 1.29 is 36.9 Å². The molecule has 0 radical (unpaired) electrons. The van der Waals surface area contributed by atoms with Crippen molar-refractivity contribution in [2.45, 2.75) is 69.6 Å². The van der Waals surface area contributed by atoms with Crippen molar-refractivity contribution in [3.05, 3.63) is 83.7 Å². The van der Waals surface area contributed by atoms with Crippen molar-refractivity contribution in [3.63, 3.8) is 0 Å². The van der Waals surface area contributed by atoms with E-state index in [0.29, 0.717) is 0 Å². The summed E-state index contributed by atoms with van der Waals surface area (Å²) in [5.74, 6) is -3.30. The molecule has 14 nitrogen and oxygen atoms in total. The Morgan fingerprint density at radius 3 is 2.24 bits per heavy atom. The number of nitrogens with zero attached hydrogens (tertiary/aromatic N) is 2. The van der Waals surface area contributed by atoms with Crippen LogP contribution in [-0.4, -0.2) is 85.0 Å². The summed E-state index contributed by atoms with van der Waals surface area (Å²) in [6.07, 6.45) is 0.0545. The Hall–Kier alpha value is -5.05. The number of aromatic nitrogens is 1. The zero-order valence-corrected chi connectivity index (χ0v) is 28.5. The summed E-state index contributed by atoms with van der Waals surface area (Å²) < 4.78 is 31.1. The molecule has 0 spiro atoms. The highest BCUT2D eigenvalue weighted by atomic mass is 32.2. The van der Waals surface area contributed by atoms with Crippen LogP contribution in [0, 0.1) is 5.92 Å². The lowest BCUT2D eigenvalue weighted by Crippen LogP contribution is -2.57. The van der Waals surface area contributed by atoms with Crippen LogP contribution in [0.1, 0.15) is 55.4 Å². The van der Waals surface area contributed by atoms with Gasteiger partial charge in [0.15, 0.2) is 21.3 Å². The van der Waals surface area contributed by atoms with Gasteiger partial charge in [0.05, 0.1) is 17.2 Å². The average Bonchev–Trinajstić information content (AvgIpc) is 3.55. The van der Waals surface area contributed by atoms with E-state index in [1.54, 1.807) is 18.2 Å². The summed E-state index contributed by atoms with van der Waals surface area (Å²) in [4.78, 5) is 68.0. The molecule has 0 saturated heterocycles. The molecular formula is C34H42N6O8S. The van der Waals surface area contributed by atoms with E-state index in [1.165, 1.54) is 30.0 Å². The Morgan fingerprint density at radius 1 is 0.918 bits per heavy atom. The Labute approximate surface area is 285 Å². The summed E-state index contributed by atoms with van der Waals surface area (Å²) in [6, 6.07) is 15.1. The van der Waals surface area contributed by atoms with Crippen molar-refractivity contribution in [1.29, 1.82) is 0 Å². The predicted molar refractivity (Wildman–Crippen MR) is 178 cm³/mol. The zero-order valence-electron chi connectivity index (χ0n) is 27.7. The molecule has 0 fully saturated rings. The first-order valence-electron chi connectivity index (χ1n) is 16.1. The van der Waals surface area contributed by atoms with E-state index in [1.807, 2.05) is 44.2 Å². The second-order valence-corrected chi connectivity index (χ2v) is 14.4. The molecule has 262 valence electrons. The van der Waals surface area contributed by atoms with Crippen molar-refractivity contribution >= 4 is 39.4 Å². The molecule has 49 heavy (non-hydrogen) atoms. The highest BCUT2D eigenvalue weighted by molar-refractivity contribution is 7.91. The van der Waals surface area contributed by atoms with Gasteiger partial charge in [-0.25, -0.2) is 8.42 Å². The molecule has 0 saturated carbocycles. The van der Waals surface area contributed by atoms with Crippen LogP contribution in [0.15, 0.2) is 76.1 Å². The van der Waals surface area contributed by atoms with Gasteiger partial charge in [0.1, 0.15) is 18.1 Å². The Kier molecular flexibility index (Phi) is 12.7. The predicted octanol–water partition coefficient (Wildman–Crippen LogP) is 1.37. The maximum Gasteiger partial charge on any atom is 0.274 e. The monoisotopic (exact) mass is 694 g/mol. The van der Waals surface area contributed by atoms with Crippen molar-refractivity contribution in [2.75, 3.05) is 18.8 Å². The summed E-state index contributed by atoms with van der Waals surface area (Å²) in [5.41, 5.74) is 0.631. The van der Waals surface area contributed by atoms with Crippen LogP contribution in [0.2, 0.25) is 0 Å². The minimum absolute atomic E-state index is 0.0000396. The van der Waals surface area contributed by atoms with Crippen LogP contribution in [0.25, 0.3) is 0 Å². The van der Waals surface area contributed by atoms with Gasteiger partial charge in [-0.3, -0.25) is 24.0 Å². The van der Waals surface area contributed by atoms with Crippen molar-refractivity contribution in [1.82, 2.24) is 31.3 Å². The van der Waals surface area contributed by atoms with Gasteiger partial charge in [-0.1, -0.05) is 67.5 Å². The van der Waals surface area contributed by atoms with Crippen molar-refractivity contribution in [2.24, 2.45) is 5.92 Å². The average molecular weight is 695 g/mol.